The highest BCUT2D eigenvalue weighted by atomic mass is 16.6. The molecular formula is C27H37N3O3. The molecule has 0 aromatic heterocycles. The molecule has 2 aromatic rings. The Morgan fingerprint density at radius 1 is 1.00 bits per heavy atom. The van der Waals surface area contributed by atoms with Crippen molar-refractivity contribution in [2.75, 3.05) is 18.4 Å². The molecular weight excluding hydrogens is 414 g/mol. The molecule has 0 spiro atoms. The lowest BCUT2D eigenvalue weighted by molar-refractivity contribution is -0.118. The Bertz CT molecular complexity index is 898. The summed E-state index contributed by atoms with van der Waals surface area (Å²) in [5.41, 5.74) is 2.26. The predicted octanol–water partition coefficient (Wildman–Crippen LogP) is 4.99. The van der Waals surface area contributed by atoms with Gasteiger partial charge in [0.05, 0.1) is 0 Å². The maximum Gasteiger partial charge on any atom is 0.408 e. The molecule has 3 rings (SSSR count). The third-order valence-corrected chi connectivity index (χ3v) is 5.79. The van der Waals surface area contributed by atoms with E-state index in [4.69, 9.17) is 4.74 Å². The third-order valence-electron chi connectivity index (χ3n) is 5.79. The van der Waals surface area contributed by atoms with Crippen molar-refractivity contribution in [1.82, 2.24) is 10.2 Å². The number of carbonyl (C=O) groups excluding carboxylic acids is 2. The second kappa shape index (κ2) is 11.3. The summed E-state index contributed by atoms with van der Waals surface area (Å²) in [5.74, 6) is 0.541. The number of nitrogens with zero attached hydrogens (tertiary/aromatic N) is 1. The average Bonchev–Trinajstić information content (AvgIpc) is 2.75. The lowest BCUT2D eigenvalue weighted by Crippen LogP contribution is -2.47. The van der Waals surface area contributed by atoms with Crippen LogP contribution < -0.4 is 10.6 Å². The molecule has 1 aliphatic rings. The van der Waals surface area contributed by atoms with Crippen molar-refractivity contribution in [1.29, 1.82) is 0 Å². The monoisotopic (exact) mass is 451 g/mol. The summed E-state index contributed by atoms with van der Waals surface area (Å²) in [4.78, 5) is 27.9. The molecule has 1 fully saturated rings. The maximum atomic E-state index is 13.1. The Kier molecular flexibility index (Phi) is 8.50. The number of piperidine rings is 1. The molecule has 1 heterocycles. The van der Waals surface area contributed by atoms with Gasteiger partial charge in [-0.2, -0.15) is 0 Å². The van der Waals surface area contributed by atoms with Crippen molar-refractivity contribution in [2.45, 2.75) is 65.1 Å². The highest BCUT2D eigenvalue weighted by molar-refractivity contribution is 5.96. The molecule has 2 amide bonds. The average molecular weight is 452 g/mol. The molecule has 0 bridgehead atoms. The number of ether oxygens (including phenoxy) is 1. The minimum Gasteiger partial charge on any atom is -0.444 e. The van der Waals surface area contributed by atoms with Crippen molar-refractivity contribution in [3.8, 4) is 0 Å². The normalized spacial score (nSPS) is 16.1. The van der Waals surface area contributed by atoms with Crippen molar-refractivity contribution in [2.24, 2.45) is 5.92 Å². The number of anilines is 1. The summed E-state index contributed by atoms with van der Waals surface area (Å²) in [6.07, 6.45) is 2.27. The van der Waals surface area contributed by atoms with E-state index in [9.17, 15) is 9.59 Å². The van der Waals surface area contributed by atoms with Gasteiger partial charge in [0.25, 0.3) is 0 Å². The van der Waals surface area contributed by atoms with Gasteiger partial charge in [-0.1, -0.05) is 49.4 Å². The number of rotatable bonds is 7. The first-order valence-electron chi connectivity index (χ1n) is 11.8. The Balaban J connectivity index is 1.62. The second-order valence-corrected chi connectivity index (χ2v) is 10.0. The molecule has 0 aliphatic carbocycles. The number of benzene rings is 2. The van der Waals surface area contributed by atoms with E-state index in [1.165, 1.54) is 18.4 Å². The van der Waals surface area contributed by atoms with Crippen molar-refractivity contribution in [3.63, 3.8) is 0 Å². The first-order valence-corrected chi connectivity index (χ1v) is 11.8. The molecule has 1 aliphatic heterocycles. The quantitative estimate of drug-likeness (QED) is 0.622. The van der Waals surface area contributed by atoms with Gasteiger partial charge in [-0.05, 0) is 75.9 Å². The zero-order chi connectivity index (χ0) is 23.8. The highest BCUT2D eigenvalue weighted by Gasteiger charge is 2.25. The number of hydrogen-bond acceptors (Lipinski definition) is 4. The summed E-state index contributed by atoms with van der Waals surface area (Å²) < 4.78 is 5.37. The molecule has 1 unspecified atom stereocenters. The summed E-state index contributed by atoms with van der Waals surface area (Å²) in [6, 6.07) is 16.8. The van der Waals surface area contributed by atoms with E-state index in [-0.39, 0.29) is 5.91 Å². The Hall–Kier alpha value is -2.86. The van der Waals surface area contributed by atoms with Crippen molar-refractivity contribution >= 4 is 17.7 Å². The fraction of sp³-hybridized carbons (Fsp3) is 0.481. The van der Waals surface area contributed by atoms with Gasteiger partial charge in [-0.25, -0.2) is 4.79 Å². The second-order valence-electron chi connectivity index (χ2n) is 10.0. The van der Waals surface area contributed by atoms with Gasteiger partial charge in [0.2, 0.25) is 5.91 Å². The molecule has 0 radical (unpaired) electrons. The first-order chi connectivity index (χ1) is 15.7. The van der Waals surface area contributed by atoms with Gasteiger partial charge in [0, 0.05) is 18.7 Å². The predicted molar refractivity (Wildman–Crippen MR) is 132 cm³/mol. The minimum absolute atomic E-state index is 0.275. The van der Waals surface area contributed by atoms with Crippen LogP contribution in [-0.2, 0) is 22.5 Å². The molecule has 6 nitrogen and oxygen atoms in total. The lowest BCUT2D eigenvalue weighted by Gasteiger charge is -2.30. The fourth-order valence-electron chi connectivity index (χ4n) is 3.91. The van der Waals surface area contributed by atoms with Crippen LogP contribution in [0.3, 0.4) is 0 Å². The van der Waals surface area contributed by atoms with Gasteiger partial charge < -0.3 is 15.4 Å². The Morgan fingerprint density at radius 2 is 1.64 bits per heavy atom. The number of alkyl carbamates (subject to hydrolysis) is 1. The van der Waals surface area contributed by atoms with E-state index in [1.807, 2.05) is 42.5 Å². The van der Waals surface area contributed by atoms with Crippen LogP contribution in [0.15, 0.2) is 54.6 Å². The molecule has 1 atom stereocenters. The van der Waals surface area contributed by atoms with Crippen LogP contribution in [-0.4, -0.2) is 41.6 Å². The van der Waals surface area contributed by atoms with E-state index >= 15 is 0 Å². The Labute approximate surface area is 197 Å². The van der Waals surface area contributed by atoms with Crippen molar-refractivity contribution < 1.29 is 14.3 Å². The number of likely N-dealkylation sites (tertiary alicyclic amines) is 1. The topological polar surface area (TPSA) is 70.7 Å². The van der Waals surface area contributed by atoms with Crippen LogP contribution in [0.4, 0.5) is 10.5 Å². The summed E-state index contributed by atoms with van der Waals surface area (Å²) in [7, 11) is 0. The van der Waals surface area contributed by atoms with E-state index in [1.54, 1.807) is 20.8 Å². The first kappa shape index (κ1) is 24.8. The molecule has 6 heteroatoms. The van der Waals surface area contributed by atoms with Crippen LogP contribution in [0.2, 0.25) is 0 Å². The standard InChI is InChI=1S/C27H37N3O3/c1-20-14-16-30(17-15-20)19-22-10-12-23(13-11-22)28-25(31)24(18-21-8-6-5-7-9-21)29-26(32)33-27(2,3)4/h5-13,20,24H,14-19H2,1-4H3,(H,28,31)(H,29,32). The van der Waals surface area contributed by atoms with Gasteiger partial charge in [0.15, 0.2) is 0 Å². The summed E-state index contributed by atoms with van der Waals surface area (Å²) >= 11 is 0. The SMILES string of the molecule is CC1CCN(Cc2ccc(NC(=O)C(Cc3ccccc3)NC(=O)OC(C)(C)C)cc2)CC1. The number of nitrogens with one attached hydrogen (secondary N) is 2. The van der Waals surface area contributed by atoms with Crippen LogP contribution in [0.5, 0.6) is 0 Å². The lowest BCUT2D eigenvalue weighted by atomic mass is 9.99. The van der Waals surface area contributed by atoms with Crippen LogP contribution in [0.1, 0.15) is 51.7 Å². The molecule has 33 heavy (non-hydrogen) atoms. The van der Waals surface area contributed by atoms with E-state index < -0.39 is 17.7 Å². The number of hydrogen-bond donors (Lipinski definition) is 2. The molecule has 2 aromatic carbocycles. The third kappa shape index (κ3) is 8.54. The number of amides is 2. The zero-order valence-electron chi connectivity index (χ0n) is 20.3. The summed E-state index contributed by atoms with van der Waals surface area (Å²) in [6.45, 7) is 10.9. The summed E-state index contributed by atoms with van der Waals surface area (Å²) in [5, 5.41) is 5.68. The van der Waals surface area contributed by atoms with Crippen molar-refractivity contribution in [3.05, 3.63) is 65.7 Å². The van der Waals surface area contributed by atoms with E-state index in [0.29, 0.717) is 12.1 Å². The Morgan fingerprint density at radius 3 is 2.24 bits per heavy atom. The molecule has 0 saturated carbocycles. The molecule has 2 N–H and O–H groups in total. The smallest absolute Gasteiger partial charge is 0.408 e. The van der Waals surface area contributed by atoms with E-state index in [2.05, 4.69) is 34.6 Å². The van der Waals surface area contributed by atoms with Gasteiger partial charge >= 0.3 is 6.09 Å². The largest absolute Gasteiger partial charge is 0.444 e. The van der Waals surface area contributed by atoms with Crippen LogP contribution >= 0.6 is 0 Å². The highest BCUT2D eigenvalue weighted by Crippen LogP contribution is 2.19. The maximum absolute atomic E-state index is 13.1. The molecule has 1 saturated heterocycles. The fourth-order valence-corrected chi connectivity index (χ4v) is 3.91. The molecule has 178 valence electrons. The minimum atomic E-state index is -0.753. The van der Waals surface area contributed by atoms with Gasteiger partial charge in [-0.3, -0.25) is 9.69 Å². The van der Waals surface area contributed by atoms with Crippen LogP contribution in [0, 0.1) is 5.92 Å². The number of carbonyl (C=O) groups is 2. The van der Waals surface area contributed by atoms with Crippen LogP contribution in [0.25, 0.3) is 0 Å². The van der Waals surface area contributed by atoms with E-state index in [0.717, 1.165) is 31.1 Å². The van der Waals surface area contributed by atoms with Gasteiger partial charge in [0.1, 0.15) is 11.6 Å². The zero-order valence-corrected chi connectivity index (χ0v) is 20.3. The van der Waals surface area contributed by atoms with Gasteiger partial charge in [-0.15, -0.1) is 0 Å².